The van der Waals surface area contributed by atoms with E-state index in [1.54, 1.807) is 23.1 Å². The fourth-order valence-electron chi connectivity index (χ4n) is 3.17. The number of rotatable bonds is 6. The number of fused-ring (bicyclic) bond motifs is 1. The molecule has 1 aromatic carbocycles. The van der Waals surface area contributed by atoms with E-state index in [-0.39, 0.29) is 42.7 Å². The molecular formula is C20H32N4O4. The smallest absolute Gasteiger partial charge is 0.319 e. The van der Waals surface area contributed by atoms with Crippen molar-refractivity contribution in [3.05, 3.63) is 23.8 Å². The van der Waals surface area contributed by atoms with Gasteiger partial charge in [0.1, 0.15) is 11.9 Å². The molecule has 156 valence electrons. The number of hydrogen-bond donors (Lipinski definition) is 4. The molecular weight excluding hydrogens is 360 g/mol. The molecule has 2 rings (SSSR count). The van der Waals surface area contributed by atoms with Crippen molar-refractivity contribution in [2.24, 2.45) is 5.92 Å². The van der Waals surface area contributed by atoms with Gasteiger partial charge in [-0.3, -0.25) is 4.79 Å². The van der Waals surface area contributed by atoms with Gasteiger partial charge in [0.15, 0.2) is 0 Å². The number of carbonyl (C=O) groups is 2. The Kier molecular flexibility index (Phi) is 7.65. The monoisotopic (exact) mass is 392 g/mol. The molecule has 0 aliphatic carbocycles. The predicted octanol–water partition coefficient (Wildman–Crippen LogP) is 1.66. The summed E-state index contributed by atoms with van der Waals surface area (Å²) in [5, 5.41) is 18.3. The number of hydrogen-bond acceptors (Lipinski definition) is 5. The third-order valence-electron chi connectivity index (χ3n) is 4.75. The average molecular weight is 393 g/mol. The summed E-state index contributed by atoms with van der Waals surface area (Å²) in [6.07, 6.45) is -0.131. The third kappa shape index (κ3) is 5.36. The summed E-state index contributed by atoms with van der Waals surface area (Å²) in [6, 6.07) is 4.39. The predicted molar refractivity (Wildman–Crippen MR) is 109 cm³/mol. The lowest BCUT2D eigenvalue weighted by Gasteiger charge is -2.37. The first kappa shape index (κ1) is 22.0. The van der Waals surface area contributed by atoms with Crippen molar-refractivity contribution >= 4 is 17.6 Å². The van der Waals surface area contributed by atoms with Crippen molar-refractivity contribution in [3.8, 4) is 5.75 Å². The number of carbonyl (C=O) groups excluding carboxylic acids is 2. The first-order chi connectivity index (χ1) is 13.3. The molecule has 0 radical (unpaired) electrons. The van der Waals surface area contributed by atoms with Crippen molar-refractivity contribution in [1.82, 2.24) is 15.5 Å². The molecule has 28 heavy (non-hydrogen) atoms. The average Bonchev–Trinajstić information content (AvgIpc) is 2.63. The highest BCUT2D eigenvalue weighted by molar-refractivity contribution is 5.99. The minimum absolute atomic E-state index is 0.000935. The summed E-state index contributed by atoms with van der Waals surface area (Å²) >= 11 is 0. The zero-order chi connectivity index (χ0) is 20.8. The van der Waals surface area contributed by atoms with Gasteiger partial charge in [0, 0.05) is 30.7 Å². The minimum Gasteiger partial charge on any atom is -0.488 e. The van der Waals surface area contributed by atoms with Crippen LogP contribution in [0.25, 0.3) is 0 Å². The number of aliphatic hydroxyl groups excluding tert-OH is 1. The molecule has 0 bridgehead atoms. The van der Waals surface area contributed by atoms with Gasteiger partial charge in [0.25, 0.3) is 5.91 Å². The Morgan fingerprint density at radius 2 is 2.07 bits per heavy atom. The third-order valence-corrected chi connectivity index (χ3v) is 4.75. The van der Waals surface area contributed by atoms with Gasteiger partial charge in [0.2, 0.25) is 0 Å². The number of amides is 3. The zero-order valence-corrected chi connectivity index (χ0v) is 17.3. The Hall–Kier alpha value is -2.32. The van der Waals surface area contributed by atoms with E-state index in [1.165, 1.54) is 0 Å². The standard InChI is InChI=1S/C20H32N4O4/c1-12(2)22-20(27)23-15-6-7-17-16(8-15)19(26)24(14(4)11-25)10-13(3)18(28-17)9-21-5/h6-8,12-14,18,21,25H,9-11H2,1-5H3,(H2,22,23,27)/t13-,14-,18-/m0/s1. The van der Waals surface area contributed by atoms with Crippen LogP contribution in [-0.4, -0.2) is 66.9 Å². The Morgan fingerprint density at radius 1 is 1.36 bits per heavy atom. The molecule has 3 amide bonds. The van der Waals surface area contributed by atoms with E-state index in [0.717, 1.165) is 0 Å². The van der Waals surface area contributed by atoms with Crippen LogP contribution in [0.5, 0.6) is 5.75 Å². The van der Waals surface area contributed by atoms with Crippen molar-refractivity contribution in [2.75, 3.05) is 32.1 Å². The van der Waals surface area contributed by atoms with E-state index in [0.29, 0.717) is 30.1 Å². The number of urea groups is 1. The molecule has 0 unspecified atom stereocenters. The summed E-state index contributed by atoms with van der Waals surface area (Å²) in [7, 11) is 1.86. The lowest BCUT2D eigenvalue weighted by Crippen LogP contribution is -2.49. The first-order valence-electron chi connectivity index (χ1n) is 9.71. The largest absolute Gasteiger partial charge is 0.488 e. The summed E-state index contributed by atoms with van der Waals surface area (Å²) in [4.78, 5) is 26.9. The molecule has 3 atom stereocenters. The summed E-state index contributed by atoms with van der Waals surface area (Å²) in [6.45, 7) is 8.57. The molecule has 8 nitrogen and oxygen atoms in total. The van der Waals surface area contributed by atoms with Gasteiger partial charge < -0.3 is 30.7 Å². The summed E-state index contributed by atoms with van der Waals surface area (Å²) in [5.41, 5.74) is 0.875. The molecule has 1 aliphatic rings. The maximum atomic E-state index is 13.2. The molecule has 4 N–H and O–H groups in total. The number of ether oxygens (including phenoxy) is 1. The molecule has 1 aliphatic heterocycles. The normalized spacial score (nSPS) is 20.7. The first-order valence-corrected chi connectivity index (χ1v) is 9.71. The summed E-state index contributed by atoms with van der Waals surface area (Å²) in [5.74, 6) is 0.328. The molecule has 0 saturated carbocycles. The van der Waals surface area contributed by atoms with Gasteiger partial charge in [-0.2, -0.15) is 0 Å². The molecule has 1 aromatic rings. The number of nitrogens with zero attached hydrogens (tertiary/aromatic N) is 1. The van der Waals surface area contributed by atoms with E-state index >= 15 is 0 Å². The fraction of sp³-hybridized carbons (Fsp3) is 0.600. The second-order valence-electron chi connectivity index (χ2n) is 7.64. The maximum Gasteiger partial charge on any atom is 0.319 e. The Morgan fingerprint density at radius 3 is 2.68 bits per heavy atom. The molecule has 0 aromatic heterocycles. The van der Waals surface area contributed by atoms with Crippen molar-refractivity contribution in [1.29, 1.82) is 0 Å². The lowest BCUT2D eigenvalue weighted by atomic mass is 9.99. The number of nitrogens with one attached hydrogen (secondary N) is 3. The quantitative estimate of drug-likeness (QED) is 0.590. The van der Waals surface area contributed by atoms with Gasteiger partial charge in [-0.15, -0.1) is 0 Å². The molecule has 0 saturated heterocycles. The Balaban J connectivity index is 2.39. The number of likely N-dealkylation sites (N-methyl/N-ethyl adjacent to an activating group) is 1. The van der Waals surface area contributed by atoms with Gasteiger partial charge in [0.05, 0.1) is 18.2 Å². The highest BCUT2D eigenvalue weighted by Gasteiger charge is 2.32. The van der Waals surface area contributed by atoms with Crippen LogP contribution in [0.2, 0.25) is 0 Å². The van der Waals surface area contributed by atoms with Gasteiger partial charge in [-0.1, -0.05) is 6.92 Å². The minimum atomic E-state index is -0.337. The molecule has 0 fully saturated rings. The second kappa shape index (κ2) is 9.75. The number of benzene rings is 1. The number of anilines is 1. The van der Waals surface area contributed by atoms with Crippen LogP contribution in [0.3, 0.4) is 0 Å². The van der Waals surface area contributed by atoms with Crippen molar-refractivity contribution in [3.63, 3.8) is 0 Å². The highest BCUT2D eigenvalue weighted by Crippen LogP contribution is 2.30. The van der Waals surface area contributed by atoms with E-state index in [1.807, 2.05) is 34.7 Å². The van der Waals surface area contributed by atoms with Crippen molar-refractivity contribution < 1.29 is 19.4 Å². The second-order valence-corrected chi connectivity index (χ2v) is 7.64. The van der Waals surface area contributed by atoms with Crippen LogP contribution >= 0.6 is 0 Å². The topological polar surface area (TPSA) is 103 Å². The van der Waals surface area contributed by atoms with Gasteiger partial charge in [-0.25, -0.2) is 4.79 Å². The highest BCUT2D eigenvalue weighted by atomic mass is 16.5. The molecule has 1 heterocycles. The van der Waals surface area contributed by atoms with Gasteiger partial charge >= 0.3 is 6.03 Å². The van der Waals surface area contributed by atoms with E-state index in [9.17, 15) is 14.7 Å². The fourth-order valence-corrected chi connectivity index (χ4v) is 3.17. The van der Waals surface area contributed by atoms with Crippen LogP contribution in [0.4, 0.5) is 10.5 Å². The van der Waals surface area contributed by atoms with E-state index in [2.05, 4.69) is 16.0 Å². The zero-order valence-electron chi connectivity index (χ0n) is 17.3. The van der Waals surface area contributed by atoms with Crippen LogP contribution in [-0.2, 0) is 0 Å². The van der Waals surface area contributed by atoms with Crippen LogP contribution in [0, 0.1) is 5.92 Å². The Labute approximate surface area is 166 Å². The molecule has 0 spiro atoms. The maximum absolute atomic E-state index is 13.2. The Bertz CT molecular complexity index is 695. The van der Waals surface area contributed by atoms with Crippen LogP contribution < -0.4 is 20.7 Å². The van der Waals surface area contributed by atoms with Crippen molar-refractivity contribution in [2.45, 2.75) is 45.9 Å². The number of aliphatic hydroxyl groups is 1. The van der Waals surface area contributed by atoms with E-state index < -0.39 is 0 Å². The molecule has 8 heteroatoms. The summed E-state index contributed by atoms with van der Waals surface area (Å²) < 4.78 is 6.15. The van der Waals surface area contributed by atoms with Crippen LogP contribution in [0.1, 0.15) is 38.1 Å². The van der Waals surface area contributed by atoms with Gasteiger partial charge in [-0.05, 0) is 46.0 Å². The SMILES string of the molecule is CNC[C@@H]1Oc2ccc(NC(=O)NC(C)C)cc2C(=O)N([C@@H](C)CO)C[C@@H]1C. The van der Waals surface area contributed by atoms with Crippen LogP contribution in [0.15, 0.2) is 18.2 Å². The lowest BCUT2D eigenvalue weighted by molar-refractivity contribution is 0.0416. The van der Waals surface area contributed by atoms with E-state index in [4.69, 9.17) is 4.74 Å².